The highest BCUT2D eigenvalue weighted by Gasteiger charge is 2.32. The molecule has 0 radical (unpaired) electrons. The van der Waals surface area contributed by atoms with Crippen molar-refractivity contribution in [2.75, 3.05) is 12.3 Å². The van der Waals surface area contributed by atoms with Gasteiger partial charge < -0.3 is 5.32 Å². The maximum atomic E-state index is 4.81. The molecule has 3 heteroatoms. The van der Waals surface area contributed by atoms with Crippen molar-refractivity contribution in [3.8, 4) is 0 Å². The van der Waals surface area contributed by atoms with Crippen LogP contribution in [0.25, 0.3) is 0 Å². The molecular weight excluding hydrogens is 252 g/mol. The first-order valence-corrected chi connectivity index (χ1v) is 8.55. The van der Waals surface area contributed by atoms with E-state index in [9.17, 15) is 0 Å². The molecule has 19 heavy (non-hydrogen) atoms. The highest BCUT2D eigenvalue weighted by atomic mass is 32.2. The molecule has 0 aliphatic carbocycles. The number of nitrogens with zero attached hydrogens (tertiary/aromatic N) is 1. The van der Waals surface area contributed by atoms with Gasteiger partial charge in [-0.15, -0.1) is 0 Å². The van der Waals surface area contributed by atoms with E-state index in [-0.39, 0.29) is 5.54 Å². The Morgan fingerprint density at radius 1 is 1.16 bits per heavy atom. The number of nitrogens with one attached hydrogen (secondary N) is 1. The minimum absolute atomic E-state index is 0.114. The summed E-state index contributed by atoms with van der Waals surface area (Å²) in [7, 11) is 0. The Morgan fingerprint density at radius 2 is 1.74 bits per heavy atom. The summed E-state index contributed by atoms with van der Waals surface area (Å²) < 4.78 is 0. The Hall–Kier alpha value is -0.180. The summed E-state index contributed by atoms with van der Waals surface area (Å²) >= 11 is 1.91. The number of thioether (sulfide) groups is 1. The van der Waals surface area contributed by atoms with Crippen LogP contribution in [0.4, 0.5) is 0 Å². The third-order valence-corrected chi connectivity index (χ3v) is 5.25. The second-order valence-electron chi connectivity index (χ2n) is 7.86. The average molecular weight is 285 g/mol. The molecule has 0 atom stereocenters. The lowest BCUT2D eigenvalue weighted by atomic mass is 9.82. The molecule has 0 saturated heterocycles. The van der Waals surface area contributed by atoms with Crippen molar-refractivity contribution in [2.24, 2.45) is 15.8 Å². The van der Waals surface area contributed by atoms with Crippen molar-refractivity contribution in [3.63, 3.8) is 0 Å². The summed E-state index contributed by atoms with van der Waals surface area (Å²) in [6.45, 7) is 17.0. The summed E-state index contributed by atoms with van der Waals surface area (Å²) in [6.07, 6.45) is 3.61. The zero-order valence-electron chi connectivity index (χ0n) is 13.9. The molecule has 0 aromatic heterocycles. The van der Waals surface area contributed by atoms with Crippen molar-refractivity contribution < 1.29 is 0 Å². The molecule has 1 rings (SSSR count). The third-order valence-electron chi connectivity index (χ3n) is 3.99. The van der Waals surface area contributed by atoms with Crippen LogP contribution in [0.5, 0.6) is 0 Å². The first kappa shape index (κ1) is 16.9. The van der Waals surface area contributed by atoms with Gasteiger partial charge >= 0.3 is 0 Å². The molecule has 1 N–H and O–H groups in total. The van der Waals surface area contributed by atoms with Gasteiger partial charge in [0.1, 0.15) is 0 Å². The SMILES string of the molecule is CCC1(CC)CN=C(NC(C)(C)CC(C)(C)C)SC1. The van der Waals surface area contributed by atoms with Gasteiger partial charge in [0.25, 0.3) is 0 Å². The predicted molar refractivity (Wildman–Crippen MR) is 89.1 cm³/mol. The second-order valence-corrected chi connectivity index (χ2v) is 8.83. The van der Waals surface area contributed by atoms with Crippen molar-refractivity contribution in [3.05, 3.63) is 0 Å². The van der Waals surface area contributed by atoms with Gasteiger partial charge in [-0.1, -0.05) is 46.4 Å². The topological polar surface area (TPSA) is 24.4 Å². The summed E-state index contributed by atoms with van der Waals surface area (Å²) in [5.74, 6) is 1.21. The van der Waals surface area contributed by atoms with Gasteiger partial charge in [0, 0.05) is 17.8 Å². The number of aliphatic imine (C=N–C) groups is 1. The van der Waals surface area contributed by atoms with Gasteiger partial charge in [0.05, 0.1) is 0 Å². The lowest BCUT2D eigenvalue weighted by molar-refractivity contribution is 0.266. The summed E-state index contributed by atoms with van der Waals surface area (Å²) in [4.78, 5) is 4.81. The van der Waals surface area contributed by atoms with Crippen molar-refractivity contribution in [2.45, 2.75) is 73.3 Å². The largest absolute Gasteiger partial charge is 0.360 e. The van der Waals surface area contributed by atoms with E-state index < -0.39 is 0 Å². The number of rotatable bonds is 4. The minimum atomic E-state index is 0.114. The van der Waals surface area contributed by atoms with Crippen LogP contribution in [0.1, 0.15) is 67.7 Å². The Kier molecular flexibility index (Phi) is 5.39. The molecule has 1 heterocycles. The lowest BCUT2D eigenvalue weighted by Gasteiger charge is -2.38. The normalized spacial score (nSPS) is 20.1. The molecule has 0 amide bonds. The van der Waals surface area contributed by atoms with Crippen LogP contribution in [-0.4, -0.2) is 23.0 Å². The van der Waals surface area contributed by atoms with E-state index in [1.54, 1.807) is 0 Å². The van der Waals surface area contributed by atoms with Gasteiger partial charge in [-0.3, -0.25) is 4.99 Å². The minimum Gasteiger partial charge on any atom is -0.360 e. The molecule has 2 nitrogen and oxygen atoms in total. The first-order valence-electron chi connectivity index (χ1n) is 7.57. The molecule has 0 unspecified atom stereocenters. The third kappa shape index (κ3) is 5.37. The van der Waals surface area contributed by atoms with E-state index in [1.807, 2.05) is 11.8 Å². The molecule has 1 aliphatic rings. The Bertz CT molecular complexity index is 322. The van der Waals surface area contributed by atoms with Crippen molar-refractivity contribution >= 4 is 16.9 Å². The number of hydrogen-bond donors (Lipinski definition) is 1. The van der Waals surface area contributed by atoms with Gasteiger partial charge in [-0.2, -0.15) is 0 Å². The van der Waals surface area contributed by atoms with Gasteiger partial charge in [-0.25, -0.2) is 0 Å². The quantitative estimate of drug-likeness (QED) is 0.809. The van der Waals surface area contributed by atoms with Crippen LogP contribution < -0.4 is 5.32 Å². The standard InChI is InChI=1S/C16H32N2S/c1-8-16(9-2)11-17-13(19-12-16)18-15(6,7)10-14(3,4)5/h8-12H2,1-7H3,(H,17,18). The van der Waals surface area contributed by atoms with E-state index >= 15 is 0 Å². The highest BCUT2D eigenvalue weighted by molar-refractivity contribution is 8.13. The van der Waals surface area contributed by atoms with Crippen LogP contribution in [0.3, 0.4) is 0 Å². The zero-order valence-corrected chi connectivity index (χ0v) is 14.7. The molecule has 0 fully saturated rings. The maximum absolute atomic E-state index is 4.81. The molecule has 0 spiro atoms. The lowest BCUT2D eigenvalue weighted by Crippen LogP contribution is -2.47. The maximum Gasteiger partial charge on any atom is 0.156 e. The van der Waals surface area contributed by atoms with Crippen LogP contribution in [0, 0.1) is 10.8 Å². The molecular formula is C16H32N2S. The fraction of sp³-hybridized carbons (Fsp3) is 0.938. The van der Waals surface area contributed by atoms with Crippen LogP contribution >= 0.6 is 11.8 Å². The second kappa shape index (κ2) is 6.07. The Morgan fingerprint density at radius 3 is 2.11 bits per heavy atom. The van der Waals surface area contributed by atoms with E-state index in [2.05, 4.69) is 53.8 Å². The number of amidine groups is 1. The fourth-order valence-corrected chi connectivity index (χ4v) is 4.41. The fourth-order valence-electron chi connectivity index (χ4n) is 2.97. The molecule has 0 bridgehead atoms. The molecule has 1 aliphatic heterocycles. The van der Waals surface area contributed by atoms with Gasteiger partial charge in [0.2, 0.25) is 0 Å². The zero-order chi connectivity index (χ0) is 14.7. The average Bonchev–Trinajstić information content (AvgIpc) is 2.27. The summed E-state index contributed by atoms with van der Waals surface area (Å²) in [5, 5.41) is 4.80. The van der Waals surface area contributed by atoms with E-state index in [0.717, 1.165) is 18.1 Å². The first-order chi connectivity index (χ1) is 8.61. The molecule has 0 aromatic rings. The van der Waals surface area contributed by atoms with Crippen LogP contribution in [0.15, 0.2) is 4.99 Å². The van der Waals surface area contributed by atoms with Crippen LogP contribution in [-0.2, 0) is 0 Å². The van der Waals surface area contributed by atoms with E-state index in [1.165, 1.54) is 18.6 Å². The molecule has 0 saturated carbocycles. The monoisotopic (exact) mass is 284 g/mol. The van der Waals surface area contributed by atoms with Crippen LogP contribution in [0.2, 0.25) is 0 Å². The number of hydrogen-bond acceptors (Lipinski definition) is 3. The highest BCUT2D eigenvalue weighted by Crippen LogP contribution is 2.35. The summed E-state index contributed by atoms with van der Waals surface area (Å²) in [6, 6.07) is 0. The molecule has 0 aromatic carbocycles. The predicted octanol–water partition coefficient (Wildman–Crippen LogP) is 4.70. The smallest absolute Gasteiger partial charge is 0.156 e. The van der Waals surface area contributed by atoms with Gasteiger partial charge in [0.15, 0.2) is 5.17 Å². The van der Waals surface area contributed by atoms with Crippen molar-refractivity contribution in [1.29, 1.82) is 0 Å². The Balaban J connectivity index is 2.62. The van der Waals surface area contributed by atoms with E-state index in [4.69, 9.17) is 4.99 Å². The van der Waals surface area contributed by atoms with E-state index in [0.29, 0.717) is 10.8 Å². The Labute approximate surface area is 124 Å². The summed E-state index contributed by atoms with van der Waals surface area (Å²) in [5.41, 5.74) is 0.888. The molecule has 112 valence electrons. The van der Waals surface area contributed by atoms with Crippen molar-refractivity contribution in [1.82, 2.24) is 5.32 Å². The van der Waals surface area contributed by atoms with Gasteiger partial charge in [-0.05, 0) is 43.9 Å².